The highest BCUT2D eigenvalue weighted by Crippen LogP contribution is 2.25. The molecule has 1 aromatic carbocycles. The quantitative estimate of drug-likeness (QED) is 0.804. The summed E-state index contributed by atoms with van der Waals surface area (Å²) in [5, 5.41) is 4.50. The first-order chi connectivity index (χ1) is 12.3. The zero-order chi connectivity index (χ0) is 18.9. The summed E-state index contributed by atoms with van der Waals surface area (Å²) in [5.41, 5.74) is 3.63. The number of benzene rings is 1. The van der Waals surface area contributed by atoms with Gasteiger partial charge in [0.1, 0.15) is 4.90 Å². The highest BCUT2D eigenvalue weighted by Gasteiger charge is 2.32. The van der Waals surface area contributed by atoms with Crippen molar-refractivity contribution in [1.82, 2.24) is 14.1 Å². The van der Waals surface area contributed by atoms with Crippen molar-refractivity contribution in [2.45, 2.75) is 45.1 Å². The van der Waals surface area contributed by atoms with Crippen molar-refractivity contribution in [3.8, 4) is 0 Å². The van der Waals surface area contributed by atoms with E-state index in [0.29, 0.717) is 55.0 Å². The maximum Gasteiger partial charge on any atom is 0.246 e. The van der Waals surface area contributed by atoms with Crippen LogP contribution in [0.3, 0.4) is 0 Å². The van der Waals surface area contributed by atoms with E-state index in [0.717, 1.165) is 5.56 Å². The van der Waals surface area contributed by atoms with Crippen molar-refractivity contribution in [2.75, 3.05) is 26.3 Å². The van der Waals surface area contributed by atoms with E-state index in [1.807, 2.05) is 6.92 Å². The topological polar surface area (TPSA) is 64.4 Å². The molecule has 0 spiro atoms. The zero-order valence-corrected chi connectivity index (χ0v) is 16.7. The SMILES string of the molecule is Cc1nn(Cc2ccc(C(C)C)cc2)c(C)c1S(=O)(=O)N1CCOCC1. The number of rotatable bonds is 5. The minimum atomic E-state index is -3.54. The molecule has 7 heteroatoms. The van der Waals surface area contributed by atoms with Crippen LogP contribution in [0, 0.1) is 13.8 Å². The normalized spacial score (nSPS) is 16.3. The molecule has 3 rings (SSSR count). The molecule has 1 aliphatic rings. The van der Waals surface area contributed by atoms with Gasteiger partial charge in [-0.05, 0) is 30.9 Å². The van der Waals surface area contributed by atoms with E-state index in [9.17, 15) is 8.42 Å². The van der Waals surface area contributed by atoms with Crippen LogP contribution in [0.15, 0.2) is 29.2 Å². The van der Waals surface area contributed by atoms with Crippen LogP contribution in [-0.4, -0.2) is 48.8 Å². The minimum Gasteiger partial charge on any atom is -0.379 e. The summed E-state index contributed by atoms with van der Waals surface area (Å²) >= 11 is 0. The number of morpholine rings is 1. The van der Waals surface area contributed by atoms with Crippen molar-refractivity contribution in [1.29, 1.82) is 0 Å². The zero-order valence-electron chi connectivity index (χ0n) is 15.9. The molecule has 0 unspecified atom stereocenters. The molecule has 0 radical (unpaired) electrons. The Labute approximate surface area is 155 Å². The predicted octanol–water partition coefficient (Wildman–Crippen LogP) is 2.69. The minimum absolute atomic E-state index is 0.332. The Morgan fingerprint density at radius 2 is 1.73 bits per heavy atom. The Balaban J connectivity index is 1.88. The number of hydrogen-bond acceptors (Lipinski definition) is 4. The summed E-state index contributed by atoms with van der Waals surface area (Å²) in [7, 11) is -3.54. The third kappa shape index (κ3) is 3.70. The van der Waals surface area contributed by atoms with Crippen LogP contribution < -0.4 is 0 Å². The molecule has 142 valence electrons. The molecule has 0 aliphatic carbocycles. The van der Waals surface area contributed by atoms with E-state index in [1.165, 1.54) is 9.87 Å². The molecule has 1 fully saturated rings. The first-order valence-corrected chi connectivity index (χ1v) is 10.5. The van der Waals surface area contributed by atoms with Crippen LogP contribution in [0.5, 0.6) is 0 Å². The second-order valence-electron chi connectivity index (χ2n) is 7.07. The number of hydrogen-bond donors (Lipinski definition) is 0. The van der Waals surface area contributed by atoms with Gasteiger partial charge in [0, 0.05) is 13.1 Å². The lowest BCUT2D eigenvalue weighted by Crippen LogP contribution is -2.41. The van der Waals surface area contributed by atoms with Crippen LogP contribution in [0.4, 0.5) is 0 Å². The number of ether oxygens (including phenoxy) is 1. The van der Waals surface area contributed by atoms with Crippen LogP contribution in [0.2, 0.25) is 0 Å². The van der Waals surface area contributed by atoms with E-state index < -0.39 is 10.0 Å². The number of aromatic nitrogens is 2. The van der Waals surface area contributed by atoms with Gasteiger partial charge in [0.2, 0.25) is 10.0 Å². The van der Waals surface area contributed by atoms with Gasteiger partial charge < -0.3 is 4.74 Å². The van der Waals surface area contributed by atoms with Gasteiger partial charge in [-0.3, -0.25) is 4.68 Å². The fourth-order valence-corrected chi connectivity index (χ4v) is 5.09. The van der Waals surface area contributed by atoms with Crippen molar-refractivity contribution < 1.29 is 13.2 Å². The fourth-order valence-electron chi connectivity index (χ4n) is 3.30. The molecule has 26 heavy (non-hydrogen) atoms. The third-order valence-corrected chi connectivity index (χ3v) is 7.01. The molecule has 0 amide bonds. The molecular weight excluding hydrogens is 350 g/mol. The van der Waals surface area contributed by atoms with E-state index in [1.54, 1.807) is 11.6 Å². The largest absolute Gasteiger partial charge is 0.379 e. The highest BCUT2D eigenvalue weighted by atomic mass is 32.2. The number of sulfonamides is 1. The van der Waals surface area contributed by atoms with Crippen LogP contribution in [-0.2, 0) is 21.3 Å². The average molecular weight is 378 g/mol. The summed E-state index contributed by atoms with van der Waals surface area (Å²) in [5.74, 6) is 0.489. The predicted molar refractivity (Wildman–Crippen MR) is 101 cm³/mol. The van der Waals surface area contributed by atoms with Gasteiger partial charge >= 0.3 is 0 Å². The van der Waals surface area contributed by atoms with E-state index in [4.69, 9.17) is 4.74 Å². The van der Waals surface area contributed by atoms with Crippen molar-refractivity contribution in [3.63, 3.8) is 0 Å². The standard InChI is InChI=1S/C19H27N3O3S/c1-14(2)18-7-5-17(6-8-18)13-22-16(4)19(15(3)20-22)26(23,24)21-9-11-25-12-10-21/h5-8,14H,9-13H2,1-4H3. The van der Waals surface area contributed by atoms with Gasteiger partial charge in [-0.15, -0.1) is 0 Å². The molecule has 2 heterocycles. The Kier molecular flexibility index (Phi) is 5.50. The van der Waals surface area contributed by atoms with Crippen molar-refractivity contribution in [3.05, 3.63) is 46.8 Å². The number of aryl methyl sites for hydroxylation is 1. The molecule has 0 saturated carbocycles. The summed E-state index contributed by atoms with van der Waals surface area (Å²) in [6.07, 6.45) is 0. The van der Waals surface area contributed by atoms with Gasteiger partial charge in [0.05, 0.1) is 31.1 Å². The monoisotopic (exact) mass is 377 g/mol. The lowest BCUT2D eigenvalue weighted by molar-refractivity contribution is 0.0730. The second kappa shape index (κ2) is 7.50. The van der Waals surface area contributed by atoms with Gasteiger partial charge in [-0.2, -0.15) is 9.40 Å². The first-order valence-electron chi connectivity index (χ1n) is 9.01. The summed E-state index contributed by atoms with van der Waals surface area (Å²) in [6.45, 7) is 10.1. The summed E-state index contributed by atoms with van der Waals surface area (Å²) < 4.78 is 34.6. The Morgan fingerprint density at radius 1 is 1.12 bits per heavy atom. The smallest absolute Gasteiger partial charge is 0.246 e. The summed E-state index contributed by atoms with van der Waals surface area (Å²) in [6, 6.07) is 8.41. The summed E-state index contributed by atoms with van der Waals surface area (Å²) in [4.78, 5) is 0.332. The van der Waals surface area contributed by atoms with Gasteiger partial charge in [-0.1, -0.05) is 38.1 Å². The lowest BCUT2D eigenvalue weighted by Gasteiger charge is -2.26. The van der Waals surface area contributed by atoms with Crippen LogP contribution in [0.25, 0.3) is 0 Å². The van der Waals surface area contributed by atoms with Gasteiger partial charge in [-0.25, -0.2) is 8.42 Å². The van der Waals surface area contributed by atoms with E-state index in [-0.39, 0.29) is 0 Å². The molecule has 1 saturated heterocycles. The molecule has 0 atom stereocenters. The Bertz CT molecular complexity index is 864. The molecule has 6 nitrogen and oxygen atoms in total. The van der Waals surface area contributed by atoms with Crippen molar-refractivity contribution in [2.24, 2.45) is 0 Å². The molecular formula is C19H27N3O3S. The molecule has 2 aromatic rings. The maximum absolute atomic E-state index is 13.0. The average Bonchev–Trinajstić information content (AvgIpc) is 2.90. The fraction of sp³-hybridized carbons (Fsp3) is 0.526. The molecule has 0 bridgehead atoms. The number of nitrogens with zero attached hydrogens (tertiary/aromatic N) is 3. The molecule has 1 aliphatic heterocycles. The molecule has 0 N–H and O–H groups in total. The maximum atomic E-state index is 13.0. The Morgan fingerprint density at radius 3 is 2.31 bits per heavy atom. The van der Waals surface area contributed by atoms with Gasteiger partial charge in [0.15, 0.2) is 0 Å². The van der Waals surface area contributed by atoms with Crippen molar-refractivity contribution >= 4 is 10.0 Å². The third-order valence-electron chi connectivity index (χ3n) is 4.86. The van der Waals surface area contributed by atoms with Crippen LogP contribution >= 0.6 is 0 Å². The highest BCUT2D eigenvalue weighted by molar-refractivity contribution is 7.89. The van der Waals surface area contributed by atoms with Crippen LogP contribution in [0.1, 0.15) is 42.3 Å². The Hall–Kier alpha value is -1.70. The lowest BCUT2D eigenvalue weighted by atomic mass is 10.0. The van der Waals surface area contributed by atoms with E-state index >= 15 is 0 Å². The van der Waals surface area contributed by atoms with Gasteiger partial charge in [0.25, 0.3) is 0 Å². The first kappa shape index (κ1) is 19.1. The second-order valence-corrected chi connectivity index (χ2v) is 8.95. The van der Waals surface area contributed by atoms with E-state index in [2.05, 4.69) is 43.2 Å². The molecule has 1 aromatic heterocycles.